The number of aromatic nitrogens is 2. The average molecular weight is 233 g/mol. The third kappa shape index (κ3) is 1.94. The van der Waals surface area contributed by atoms with Crippen LogP contribution in [-0.4, -0.2) is 21.3 Å². The summed E-state index contributed by atoms with van der Waals surface area (Å²) in [4.78, 5) is 4.61. The highest BCUT2D eigenvalue weighted by Crippen LogP contribution is 2.25. The Balaban J connectivity index is 2.64. The van der Waals surface area contributed by atoms with E-state index in [1.54, 1.807) is 0 Å². The molecule has 0 spiro atoms. The number of hydrogen-bond donors (Lipinski definition) is 2. The van der Waals surface area contributed by atoms with E-state index in [-0.39, 0.29) is 12.0 Å². The molecule has 0 unspecified atom stereocenters. The van der Waals surface area contributed by atoms with Crippen LogP contribution in [0.2, 0.25) is 0 Å². The second kappa shape index (κ2) is 4.13. The summed E-state index contributed by atoms with van der Waals surface area (Å²) in [6.45, 7) is 4.56. The fourth-order valence-corrected chi connectivity index (χ4v) is 2.05. The molecule has 0 saturated carbocycles. The molecule has 0 aliphatic carbocycles. The van der Waals surface area contributed by atoms with Crippen LogP contribution in [0.3, 0.4) is 0 Å². The second-order valence-electron chi connectivity index (χ2n) is 5.06. The van der Waals surface area contributed by atoms with Crippen LogP contribution in [0.1, 0.15) is 25.2 Å². The lowest BCUT2D eigenvalue weighted by Gasteiger charge is -2.20. The Morgan fingerprint density at radius 1 is 1.41 bits per heavy atom. The van der Waals surface area contributed by atoms with Gasteiger partial charge in [0.2, 0.25) is 0 Å². The minimum absolute atomic E-state index is 0.0773. The molecular weight excluding hydrogens is 214 g/mol. The zero-order valence-electron chi connectivity index (χ0n) is 10.6. The van der Waals surface area contributed by atoms with Crippen molar-refractivity contribution in [3.05, 3.63) is 29.6 Å². The number of hydrogen-bond acceptors (Lipinski definition) is 3. The lowest BCUT2D eigenvalue weighted by molar-refractivity contribution is 0.209. The Labute approximate surface area is 101 Å². The van der Waals surface area contributed by atoms with Crippen molar-refractivity contribution in [2.24, 2.45) is 12.8 Å². The van der Waals surface area contributed by atoms with Crippen LogP contribution < -0.4 is 5.73 Å². The Morgan fingerprint density at radius 3 is 2.71 bits per heavy atom. The Morgan fingerprint density at radius 2 is 2.12 bits per heavy atom. The minimum Gasteiger partial charge on any atom is -0.395 e. The van der Waals surface area contributed by atoms with Gasteiger partial charge in [0.25, 0.3) is 0 Å². The predicted octanol–water partition coefficient (Wildman–Crippen LogP) is 1.30. The Hall–Kier alpha value is -1.39. The molecule has 17 heavy (non-hydrogen) atoms. The van der Waals surface area contributed by atoms with Crippen LogP contribution in [0.15, 0.2) is 18.2 Å². The van der Waals surface area contributed by atoms with Gasteiger partial charge >= 0.3 is 0 Å². The van der Waals surface area contributed by atoms with Crippen LogP contribution in [0.4, 0.5) is 0 Å². The van der Waals surface area contributed by atoms with Gasteiger partial charge in [0.05, 0.1) is 17.6 Å². The van der Waals surface area contributed by atoms with Gasteiger partial charge in [-0.15, -0.1) is 0 Å². The average Bonchev–Trinajstić information content (AvgIpc) is 2.67. The maximum absolute atomic E-state index is 9.42. The number of aryl methyl sites for hydroxylation is 1. The summed E-state index contributed by atoms with van der Waals surface area (Å²) in [6, 6.07) is 6.05. The van der Waals surface area contributed by atoms with Crippen molar-refractivity contribution in [3.8, 4) is 0 Å². The van der Waals surface area contributed by atoms with Crippen LogP contribution in [-0.2, 0) is 19.0 Å². The van der Waals surface area contributed by atoms with Crippen molar-refractivity contribution in [2.45, 2.75) is 25.8 Å². The molecular formula is C13H19N3O. The van der Waals surface area contributed by atoms with Gasteiger partial charge in [-0.2, -0.15) is 0 Å². The number of nitrogens with two attached hydrogens (primary N) is 1. The molecule has 2 aromatic rings. The van der Waals surface area contributed by atoms with E-state index in [0.717, 1.165) is 22.4 Å². The lowest BCUT2D eigenvalue weighted by atomic mass is 9.94. The smallest absolute Gasteiger partial charge is 0.117 e. The van der Waals surface area contributed by atoms with E-state index in [2.05, 4.69) is 4.98 Å². The number of benzene rings is 1. The number of aliphatic hydroxyl groups is 1. The highest BCUT2D eigenvalue weighted by molar-refractivity contribution is 5.77. The molecule has 0 saturated heterocycles. The highest BCUT2D eigenvalue weighted by atomic mass is 16.3. The fourth-order valence-electron chi connectivity index (χ4n) is 2.05. The summed E-state index contributed by atoms with van der Waals surface area (Å²) in [6.07, 6.45) is 0. The first-order valence-electron chi connectivity index (χ1n) is 5.76. The standard InChI is InChI=1S/C13H19N3O/c1-13(2,8-17)12-15-10-6-9(7-14)4-5-11(10)16(12)3/h4-6,17H,7-8,14H2,1-3H3. The van der Waals surface area contributed by atoms with E-state index in [1.807, 2.05) is 43.7 Å². The number of imidazole rings is 1. The summed E-state index contributed by atoms with van der Waals surface area (Å²) in [5.41, 5.74) is 8.36. The molecule has 92 valence electrons. The predicted molar refractivity (Wildman–Crippen MR) is 68.7 cm³/mol. The van der Waals surface area contributed by atoms with Crippen molar-refractivity contribution in [2.75, 3.05) is 6.61 Å². The van der Waals surface area contributed by atoms with Crippen LogP contribution in [0.25, 0.3) is 11.0 Å². The Bertz CT molecular complexity index is 543. The summed E-state index contributed by atoms with van der Waals surface area (Å²) in [7, 11) is 1.98. The van der Waals surface area contributed by atoms with Gasteiger partial charge in [0.1, 0.15) is 5.82 Å². The molecule has 1 aromatic carbocycles. The van der Waals surface area contributed by atoms with Crippen molar-refractivity contribution in [1.82, 2.24) is 9.55 Å². The van der Waals surface area contributed by atoms with Crippen LogP contribution in [0.5, 0.6) is 0 Å². The second-order valence-corrected chi connectivity index (χ2v) is 5.06. The number of fused-ring (bicyclic) bond motifs is 1. The maximum atomic E-state index is 9.42. The molecule has 4 nitrogen and oxygen atoms in total. The van der Waals surface area contributed by atoms with E-state index in [0.29, 0.717) is 6.54 Å². The zero-order valence-corrected chi connectivity index (χ0v) is 10.6. The van der Waals surface area contributed by atoms with Gasteiger partial charge in [-0.3, -0.25) is 0 Å². The van der Waals surface area contributed by atoms with Gasteiger partial charge in [-0.1, -0.05) is 19.9 Å². The van der Waals surface area contributed by atoms with Crippen molar-refractivity contribution < 1.29 is 5.11 Å². The van der Waals surface area contributed by atoms with E-state index < -0.39 is 0 Å². The van der Waals surface area contributed by atoms with E-state index >= 15 is 0 Å². The SMILES string of the molecule is Cn1c(C(C)(C)CO)nc2cc(CN)ccc21. The van der Waals surface area contributed by atoms with E-state index in [9.17, 15) is 5.11 Å². The third-order valence-corrected chi connectivity index (χ3v) is 3.18. The van der Waals surface area contributed by atoms with Crippen LogP contribution in [0, 0.1) is 0 Å². The molecule has 0 amide bonds. The van der Waals surface area contributed by atoms with Crippen molar-refractivity contribution >= 4 is 11.0 Å². The van der Waals surface area contributed by atoms with E-state index in [4.69, 9.17) is 5.73 Å². The van der Waals surface area contributed by atoms with Gasteiger partial charge in [-0.05, 0) is 17.7 Å². The van der Waals surface area contributed by atoms with Crippen LogP contribution >= 0.6 is 0 Å². The van der Waals surface area contributed by atoms with Gasteiger partial charge in [0, 0.05) is 19.0 Å². The first-order valence-corrected chi connectivity index (χ1v) is 5.76. The normalized spacial score (nSPS) is 12.3. The summed E-state index contributed by atoms with van der Waals surface area (Å²) in [5, 5.41) is 9.42. The number of nitrogens with zero attached hydrogens (tertiary/aromatic N) is 2. The van der Waals surface area contributed by atoms with Gasteiger partial charge < -0.3 is 15.4 Å². The van der Waals surface area contributed by atoms with E-state index in [1.165, 1.54) is 0 Å². The largest absolute Gasteiger partial charge is 0.395 e. The molecule has 3 N–H and O–H groups in total. The summed E-state index contributed by atoms with van der Waals surface area (Å²) < 4.78 is 2.03. The quantitative estimate of drug-likeness (QED) is 0.840. The van der Waals surface area contributed by atoms with Gasteiger partial charge in [0.15, 0.2) is 0 Å². The van der Waals surface area contributed by atoms with Crippen molar-refractivity contribution in [1.29, 1.82) is 0 Å². The number of aliphatic hydroxyl groups excluding tert-OH is 1. The Kier molecular flexibility index (Phi) is 2.93. The lowest BCUT2D eigenvalue weighted by Crippen LogP contribution is -2.26. The monoisotopic (exact) mass is 233 g/mol. The molecule has 2 rings (SSSR count). The molecule has 4 heteroatoms. The topological polar surface area (TPSA) is 64.1 Å². The summed E-state index contributed by atoms with van der Waals surface area (Å²) in [5.74, 6) is 0.893. The highest BCUT2D eigenvalue weighted by Gasteiger charge is 2.25. The molecule has 0 atom stereocenters. The molecule has 0 fully saturated rings. The fraction of sp³-hybridized carbons (Fsp3) is 0.462. The first-order chi connectivity index (χ1) is 7.99. The third-order valence-electron chi connectivity index (χ3n) is 3.18. The zero-order chi connectivity index (χ0) is 12.6. The molecule has 0 aliphatic heterocycles. The van der Waals surface area contributed by atoms with Gasteiger partial charge in [-0.25, -0.2) is 4.98 Å². The molecule has 1 heterocycles. The molecule has 0 bridgehead atoms. The summed E-state index contributed by atoms with van der Waals surface area (Å²) >= 11 is 0. The van der Waals surface area contributed by atoms with Crippen molar-refractivity contribution in [3.63, 3.8) is 0 Å². The minimum atomic E-state index is -0.337. The maximum Gasteiger partial charge on any atom is 0.117 e. The first kappa shape index (κ1) is 12.1. The number of rotatable bonds is 3. The molecule has 0 aliphatic rings. The molecule has 1 aromatic heterocycles. The molecule has 0 radical (unpaired) electrons.